The maximum absolute atomic E-state index is 11.1. The molecule has 0 aromatic carbocycles. The summed E-state index contributed by atoms with van der Waals surface area (Å²) in [5, 5.41) is 18.9. The smallest absolute Gasteiger partial charge is 0.346 e. The van der Waals surface area contributed by atoms with Gasteiger partial charge in [-0.25, -0.2) is 4.79 Å². The quantitative estimate of drug-likeness (QED) is 0.511. The van der Waals surface area contributed by atoms with Crippen molar-refractivity contribution in [3.8, 4) is 0 Å². The number of hydroxylamine groups is 2. The van der Waals surface area contributed by atoms with Crippen LogP contribution in [0.25, 0.3) is 0 Å². The highest BCUT2D eigenvalue weighted by Crippen LogP contribution is 2.28. The monoisotopic (exact) mass is 174 g/mol. The lowest BCUT2D eigenvalue weighted by molar-refractivity contribution is -0.219. The van der Waals surface area contributed by atoms with Gasteiger partial charge in [0.2, 0.25) is 0 Å². The second-order valence-electron chi connectivity index (χ2n) is 3.85. The van der Waals surface area contributed by atoms with Gasteiger partial charge in [-0.3, -0.25) is 5.21 Å². The minimum atomic E-state index is -1.12. The van der Waals surface area contributed by atoms with Gasteiger partial charge in [-0.2, -0.15) is 5.06 Å². The van der Waals surface area contributed by atoms with Crippen LogP contribution < -0.4 is 0 Å². The van der Waals surface area contributed by atoms with Crippen molar-refractivity contribution in [3.63, 3.8) is 0 Å². The number of rotatable bonds is 0. The number of carbonyl (C=O) groups is 1. The van der Waals surface area contributed by atoms with Gasteiger partial charge in [-0.15, -0.1) is 0 Å². The first-order valence-electron chi connectivity index (χ1n) is 3.77. The lowest BCUT2D eigenvalue weighted by atomic mass is 9.89. The molecule has 0 saturated carbocycles. The normalized spacial score (nSPS) is 29.4. The Morgan fingerprint density at radius 3 is 2.58 bits per heavy atom. The molecule has 0 aliphatic carbocycles. The Balaban J connectivity index is 2.85. The van der Waals surface area contributed by atoms with E-state index < -0.39 is 17.7 Å². The van der Waals surface area contributed by atoms with Crippen molar-refractivity contribution in [1.82, 2.24) is 9.96 Å². The van der Waals surface area contributed by atoms with E-state index >= 15 is 0 Å². The van der Waals surface area contributed by atoms with Gasteiger partial charge in [0.05, 0.1) is 0 Å². The van der Waals surface area contributed by atoms with Crippen molar-refractivity contribution in [2.24, 2.45) is 5.41 Å². The van der Waals surface area contributed by atoms with Crippen LogP contribution in [0.5, 0.6) is 0 Å². The van der Waals surface area contributed by atoms with Gasteiger partial charge in [0.1, 0.15) is 0 Å². The molecule has 70 valence electrons. The fourth-order valence-corrected chi connectivity index (χ4v) is 1.37. The molecule has 0 aromatic heterocycles. The molecular weight excluding hydrogens is 160 g/mol. The van der Waals surface area contributed by atoms with Crippen LogP contribution in [0.2, 0.25) is 0 Å². The summed E-state index contributed by atoms with van der Waals surface area (Å²) in [6.45, 7) is 4.00. The number of hydrogen-bond acceptors (Lipinski definition) is 3. The predicted octanol–water partition coefficient (Wildman–Crippen LogP) is 0.0876. The Bertz CT molecular complexity index is 205. The zero-order valence-corrected chi connectivity index (χ0v) is 7.48. The third-order valence-electron chi connectivity index (χ3n) is 2.10. The largest absolute Gasteiger partial charge is 0.371 e. The van der Waals surface area contributed by atoms with Gasteiger partial charge in [0, 0.05) is 19.0 Å². The van der Waals surface area contributed by atoms with E-state index in [2.05, 4.69) is 0 Å². The maximum Gasteiger partial charge on any atom is 0.346 e. The van der Waals surface area contributed by atoms with Crippen LogP contribution in [0.3, 0.4) is 0 Å². The fraction of sp³-hybridized carbons (Fsp3) is 0.857. The summed E-state index contributed by atoms with van der Waals surface area (Å²) >= 11 is 0. The van der Waals surface area contributed by atoms with Crippen LogP contribution in [0, 0.1) is 5.41 Å². The molecule has 1 fully saturated rings. The fourth-order valence-electron chi connectivity index (χ4n) is 1.37. The molecule has 12 heavy (non-hydrogen) atoms. The summed E-state index contributed by atoms with van der Waals surface area (Å²) in [6.07, 6.45) is -1.12. The summed E-state index contributed by atoms with van der Waals surface area (Å²) in [5.41, 5.74) is -0.503. The lowest BCUT2D eigenvalue weighted by Crippen LogP contribution is -2.60. The van der Waals surface area contributed by atoms with Crippen LogP contribution >= 0.6 is 0 Å². The second-order valence-corrected chi connectivity index (χ2v) is 3.85. The third kappa shape index (κ3) is 1.25. The van der Waals surface area contributed by atoms with Crippen LogP contribution in [0.15, 0.2) is 0 Å². The molecule has 0 spiro atoms. The first kappa shape index (κ1) is 9.28. The van der Waals surface area contributed by atoms with E-state index in [0.717, 1.165) is 0 Å². The Kier molecular flexibility index (Phi) is 2.01. The van der Waals surface area contributed by atoms with Gasteiger partial charge < -0.3 is 10.0 Å². The zero-order valence-electron chi connectivity index (χ0n) is 7.48. The molecule has 1 saturated heterocycles. The van der Waals surface area contributed by atoms with Crippen LogP contribution in [0.4, 0.5) is 4.79 Å². The minimum Gasteiger partial charge on any atom is -0.371 e. The van der Waals surface area contributed by atoms with Crippen molar-refractivity contribution >= 4 is 6.03 Å². The molecule has 2 N–H and O–H groups in total. The van der Waals surface area contributed by atoms with E-state index in [9.17, 15) is 9.90 Å². The zero-order chi connectivity index (χ0) is 9.52. The molecule has 1 atom stereocenters. The highest BCUT2D eigenvalue weighted by Gasteiger charge is 2.42. The van der Waals surface area contributed by atoms with Gasteiger partial charge in [0.15, 0.2) is 6.23 Å². The van der Waals surface area contributed by atoms with Crippen molar-refractivity contribution in [3.05, 3.63) is 0 Å². The molecule has 0 aromatic rings. The van der Waals surface area contributed by atoms with Gasteiger partial charge in [0.25, 0.3) is 0 Å². The summed E-state index contributed by atoms with van der Waals surface area (Å²) in [7, 11) is 1.58. The summed E-state index contributed by atoms with van der Waals surface area (Å²) in [4.78, 5) is 12.4. The molecule has 1 heterocycles. The molecule has 2 amide bonds. The molecular formula is C7H14N2O3. The van der Waals surface area contributed by atoms with Gasteiger partial charge in [-0.05, 0) is 0 Å². The number of amides is 2. The predicted molar refractivity (Wildman–Crippen MR) is 41.4 cm³/mol. The van der Waals surface area contributed by atoms with Crippen molar-refractivity contribution < 1.29 is 15.1 Å². The number of aliphatic hydroxyl groups is 1. The van der Waals surface area contributed by atoms with Crippen molar-refractivity contribution in [2.45, 2.75) is 20.1 Å². The number of hydrogen-bond donors (Lipinski definition) is 2. The van der Waals surface area contributed by atoms with E-state index in [1.165, 1.54) is 4.90 Å². The van der Waals surface area contributed by atoms with Crippen molar-refractivity contribution in [1.29, 1.82) is 0 Å². The molecule has 5 nitrogen and oxygen atoms in total. The Labute approximate surface area is 71.1 Å². The number of carbonyl (C=O) groups excluding carboxylic acids is 1. The van der Waals surface area contributed by atoms with Gasteiger partial charge in [-0.1, -0.05) is 13.8 Å². The van der Waals surface area contributed by atoms with E-state index in [1.54, 1.807) is 20.9 Å². The molecule has 1 rings (SSSR count). The van der Waals surface area contributed by atoms with E-state index in [0.29, 0.717) is 11.6 Å². The average molecular weight is 174 g/mol. The second kappa shape index (κ2) is 2.60. The Hall–Kier alpha value is -0.810. The van der Waals surface area contributed by atoms with Gasteiger partial charge >= 0.3 is 6.03 Å². The Morgan fingerprint density at radius 2 is 2.08 bits per heavy atom. The standard InChI is InChI=1S/C7H14N2O3/c1-7(2)4-8(3)6(11)9(12)5(7)10/h5,10,12H,4H2,1-3H3. The highest BCUT2D eigenvalue weighted by atomic mass is 16.6. The third-order valence-corrected chi connectivity index (χ3v) is 2.10. The molecule has 5 heteroatoms. The Morgan fingerprint density at radius 1 is 1.58 bits per heavy atom. The maximum atomic E-state index is 11.1. The first-order valence-corrected chi connectivity index (χ1v) is 3.77. The number of nitrogens with zero attached hydrogens (tertiary/aromatic N) is 2. The number of urea groups is 1. The topological polar surface area (TPSA) is 64.0 Å². The lowest BCUT2D eigenvalue weighted by Gasteiger charge is -2.43. The van der Waals surface area contributed by atoms with E-state index in [4.69, 9.17) is 5.21 Å². The molecule has 1 aliphatic heterocycles. The number of aliphatic hydroxyl groups excluding tert-OH is 1. The SMILES string of the molecule is CN1CC(C)(C)C(O)N(O)C1=O. The van der Waals surface area contributed by atoms with Crippen molar-refractivity contribution in [2.75, 3.05) is 13.6 Å². The van der Waals surface area contributed by atoms with E-state index in [1.807, 2.05) is 0 Å². The average Bonchev–Trinajstić information content (AvgIpc) is 1.97. The summed E-state index contributed by atoms with van der Waals surface area (Å²) in [6, 6.07) is -0.568. The van der Waals surface area contributed by atoms with Crippen LogP contribution in [-0.4, -0.2) is 46.1 Å². The minimum absolute atomic E-state index is 0.365. The summed E-state index contributed by atoms with van der Waals surface area (Å²) < 4.78 is 0. The molecule has 0 bridgehead atoms. The molecule has 0 radical (unpaired) electrons. The highest BCUT2D eigenvalue weighted by molar-refractivity contribution is 5.74. The van der Waals surface area contributed by atoms with E-state index in [-0.39, 0.29) is 0 Å². The van der Waals surface area contributed by atoms with Crippen LogP contribution in [-0.2, 0) is 0 Å². The van der Waals surface area contributed by atoms with Crippen LogP contribution in [0.1, 0.15) is 13.8 Å². The molecule has 1 unspecified atom stereocenters. The molecule has 1 aliphatic rings. The first-order chi connectivity index (χ1) is 5.36. The summed E-state index contributed by atoms with van der Waals surface area (Å²) in [5.74, 6) is 0.